The van der Waals surface area contributed by atoms with Crippen LogP contribution in [0.4, 0.5) is 0 Å². The summed E-state index contributed by atoms with van der Waals surface area (Å²) in [6.07, 6.45) is 2.31. The van der Waals surface area contributed by atoms with Gasteiger partial charge in [-0.25, -0.2) is 13.6 Å². The van der Waals surface area contributed by atoms with E-state index >= 15 is 0 Å². The quantitative estimate of drug-likeness (QED) is 0.719. The van der Waals surface area contributed by atoms with E-state index in [0.29, 0.717) is 18.8 Å². The summed E-state index contributed by atoms with van der Waals surface area (Å²) in [6, 6.07) is 0. The van der Waals surface area contributed by atoms with Crippen LogP contribution < -0.4 is 5.14 Å². The van der Waals surface area contributed by atoms with Gasteiger partial charge in [-0.1, -0.05) is 27.2 Å². The maximum atomic E-state index is 11.0. The molecule has 3 nitrogen and oxygen atoms in total. The van der Waals surface area contributed by atoms with Crippen LogP contribution in [0.15, 0.2) is 0 Å². The van der Waals surface area contributed by atoms with Crippen LogP contribution in [0.25, 0.3) is 0 Å². The van der Waals surface area contributed by atoms with Crippen LogP contribution in [0.1, 0.15) is 40.0 Å². The fourth-order valence-corrected chi connectivity index (χ4v) is 2.21. The summed E-state index contributed by atoms with van der Waals surface area (Å²) in [7, 11) is -3.32. The standard InChI is InChI=1S/C8H19NO2S/c1-4-7(3)6-8(5-2)12(9,10)11/h7-8H,4-6H2,1-3H3,(H2,9,10,11). The zero-order valence-corrected chi connectivity index (χ0v) is 8.89. The van der Waals surface area contributed by atoms with Crippen LogP contribution in [0.3, 0.4) is 0 Å². The van der Waals surface area contributed by atoms with Gasteiger partial charge in [0.25, 0.3) is 0 Å². The Hall–Kier alpha value is -0.0900. The fourth-order valence-electron chi connectivity index (χ4n) is 1.15. The van der Waals surface area contributed by atoms with Crippen LogP contribution in [-0.2, 0) is 10.0 Å². The Balaban J connectivity index is 4.20. The molecule has 0 heterocycles. The number of hydrogen-bond donors (Lipinski definition) is 1. The van der Waals surface area contributed by atoms with E-state index in [2.05, 4.69) is 6.92 Å². The largest absolute Gasteiger partial charge is 0.228 e. The first-order valence-electron chi connectivity index (χ1n) is 4.43. The molecule has 0 spiro atoms. The van der Waals surface area contributed by atoms with Crippen molar-refractivity contribution in [3.63, 3.8) is 0 Å². The highest BCUT2D eigenvalue weighted by Gasteiger charge is 2.20. The van der Waals surface area contributed by atoms with Crippen molar-refractivity contribution in [2.24, 2.45) is 11.1 Å². The van der Waals surface area contributed by atoms with Crippen molar-refractivity contribution in [2.75, 3.05) is 0 Å². The van der Waals surface area contributed by atoms with Crippen LogP contribution in [0.5, 0.6) is 0 Å². The van der Waals surface area contributed by atoms with Gasteiger partial charge in [-0.15, -0.1) is 0 Å². The van der Waals surface area contributed by atoms with Gasteiger partial charge >= 0.3 is 0 Å². The maximum Gasteiger partial charge on any atom is 0.211 e. The predicted molar refractivity (Wildman–Crippen MR) is 51.3 cm³/mol. The smallest absolute Gasteiger partial charge is 0.211 e. The lowest BCUT2D eigenvalue weighted by molar-refractivity contribution is 0.478. The Bertz CT molecular complexity index is 211. The first-order chi connectivity index (χ1) is 5.41. The first-order valence-corrected chi connectivity index (χ1v) is 6.04. The molecule has 74 valence electrons. The van der Waals surface area contributed by atoms with E-state index in [-0.39, 0.29) is 5.25 Å². The fraction of sp³-hybridized carbons (Fsp3) is 1.00. The van der Waals surface area contributed by atoms with Gasteiger partial charge in [0.1, 0.15) is 0 Å². The van der Waals surface area contributed by atoms with Gasteiger partial charge in [-0.05, 0) is 18.8 Å². The minimum absolute atomic E-state index is 0.354. The zero-order chi connectivity index (χ0) is 9.78. The normalized spacial score (nSPS) is 17.3. The molecule has 0 saturated heterocycles. The highest BCUT2D eigenvalue weighted by molar-refractivity contribution is 7.89. The maximum absolute atomic E-state index is 11.0. The second-order valence-electron chi connectivity index (χ2n) is 3.37. The lowest BCUT2D eigenvalue weighted by Gasteiger charge is -2.16. The van der Waals surface area contributed by atoms with Crippen LogP contribution in [-0.4, -0.2) is 13.7 Å². The van der Waals surface area contributed by atoms with Crippen molar-refractivity contribution in [3.05, 3.63) is 0 Å². The van der Waals surface area contributed by atoms with Crippen molar-refractivity contribution in [1.29, 1.82) is 0 Å². The van der Waals surface area contributed by atoms with Crippen LogP contribution in [0.2, 0.25) is 0 Å². The Morgan fingerprint density at radius 2 is 1.75 bits per heavy atom. The van der Waals surface area contributed by atoms with Crippen molar-refractivity contribution in [1.82, 2.24) is 0 Å². The molecule has 4 heteroatoms. The lowest BCUT2D eigenvalue weighted by atomic mass is 10.0. The van der Waals surface area contributed by atoms with Crippen LogP contribution >= 0.6 is 0 Å². The van der Waals surface area contributed by atoms with Crippen molar-refractivity contribution in [3.8, 4) is 0 Å². The molecule has 0 radical (unpaired) electrons. The molecule has 0 aromatic heterocycles. The Labute approximate surface area is 75.4 Å². The molecule has 0 aromatic carbocycles. The van der Waals surface area contributed by atoms with Crippen molar-refractivity contribution >= 4 is 10.0 Å². The van der Waals surface area contributed by atoms with E-state index < -0.39 is 10.0 Å². The third kappa shape index (κ3) is 4.07. The molecule has 0 bridgehead atoms. The third-order valence-electron chi connectivity index (χ3n) is 2.28. The van der Waals surface area contributed by atoms with Gasteiger partial charge < -0.3 is 0 Å². The SMILES string of the molecule is CCC(C)CC(CC)S(N)(=O)=O. The first kappa shape index (κ1) is 11.9. The molecular formula is C8H19NO2S. The Morgan fingerprint density at radius 1 is 1.25 bits per heavy atom. The molecule has 0 aliphatic heterocycles. The molecule has 2 N–H and O–H groups in total. The Kier molecular flexibility index (Phi) is 4.78. The molecule has 0 aromatic rings. The van der Waals surface area contributed by atoms with Crippen molar-refractivity contribution in [2.45, 2.75) is 45.3 Å². The molecule has 2 unspecified atom stereocenters. The summed E-state index contributed by atoms with van der Waals surface area (Å²) in [5.74, 6) is 0.438. The molecule has 0 rings (SSSR count). The van der Waals surface area contributed by atoms with E-state index in [1.54, 1.807) is 0 Å². The van der Waals surface area contributed by atoms with Gasteiger partial charge in [-0.3, -0.25) is 0 Å². The molecule has 0 aliphatic carbocycles. The van der Waals surface area contributed by atoms with Crippen LogP contribution in [0, 0.1) is 5.92 Å². The number of primary sulfonamides is 1. The molecule has 0 aliphatic rings. The van der Waals surface area contributed by atoms with Gasteiger partial charge in [0.05, 0.1) is 5.25 Å². The number of hydrogen-bond acceptors (Lipinski definition) is 2. The summed E-state index contributed by atoms with van der Waals surface area (Å²) < 4.78 is 22.0. The van der Waals surface area contributed by atoms with E-state index in [1.807, 2.05) is 13.8 Å². The average molecular weight is 193 g/mol. The van der Waals surface area contributed by atoms with E-state index in [1.165, 1.54) is 0 Å². The highest BCUT2D eigenvalue weighted by atomic mass is 32.2. The Morgan fingerprint density at radius 3 is 2.00 bits per heavy atom. The molecular weight excluding hydrogens is 174 g/mol. The topological polar surface area (TPSA) is 60.2 Å². The second kappa shape index (κ2) is 4.82. The number of rotatable bonds is 5. The number of nitrogens with two attached hydrogens (primary N) is 1. The molecule has 0 saturated carbocycles. The third-order valence-corrected chi connectivity index (χ3v) is 3.74. The monoisotopic (exact) mass is 193 g/mol. The molecule has 0 amide bonds. The minimum atomic E-state index is -3.32. The molecule has 2 atom stereocenters. The van der Waals surface area contributed by atoms with Gasteiger partial charge in [-0.2, -0.15) is 0 Å². The van der Waals surface area contributed by atoms with Gasteiger partial charge in [0, 0.05) is 0 Å². The summed E-state index contributed by atoms with van der Waals surface area (Å²) in [6.45, 7) is 5.96. The summed E-state index contributed by atoms with van der Waals surface area (Å²) in [5, 5.41) is 4.71. The zero-order valence-electron chi connectivity index (χ0n) is 8.08. The second-order valence-corrected chi connectivity index (χ2v) is 5.21. The molecule has 12 heavy (non-hydrogen) atoms. The lowest BCUT2D eigenvalue weighted by Crippen LogP contribution is -2.29. The van der Waals surface area contributed by atoms with E-state index in [4.69, 9.17) is 5.14 Å². The molecule has 0 fully saturated rings. The average Bonchev–Trinajstić information content (AvgIpc) is 1.97. The predicted octanol–water partition coefficient (Wildman–Crippen LogP) is 1.49. The summed E-state index contributed by atoms with van der Waals surface area (Å²) in [5.41, 5.74) is 0. The van der Waals surface area contributed by atoms with Gasteiger partial charge in [0.15, 0.2) is 0 Å². The van der Waals surface area contributed by atoms with E-state index in [0.717, 1.165) is 6.42 Å². The summed E-state index contributed by atoms with van der Waals surface area (Å²) >= 11 is 0. The van der Waals surface area contributed by atoms with Gasteiger partial charge in [0.2, 0.25) is 10.0 Å². The number of sulfonamides is 1. The minimum Gasteiger partial charge on any atom is -0.228 e. The van der Waals surface area contributed by atoms with Crippen molar-refractivity contribution < 1.29 is 8.42 Å². The van der Waals surface area contributed by atoms with E-state index in [9.17, 15) is 8.42 Å². The highest BCUT2D eigenvalue weighted by Crippen LogP contribution is 2.16. The summed E-state index contributed by atoms with van der Waals surface area (Å²) in [4.78, 5) is 0.